The quantitative estimate of drug-likeness (QED) is 0.259. The van der Waals surface area contributed by atoms with Gasteiger partial charge in [-0.25, -0.2) is 9.79 Å². The lowest BCUT2D eigenvalue weighted by Crippen LogP contribution is -2.39. The molecule has 5 rings (SSSR count). The van der Waals surface area contributed by atoms with Crippen LogP contribution in [0, 0.1) is 0 Å². The molecule has 38 heavy (non-hydrogen) atoms. The molecule has 0 N–H and O–H groups in total. The fourth-order valence-corrected chi connectivity index (χ4v) is 6.45. The summed E-state index contributed by atoms with van der Waals surface area (Å²) in [6.07, 6.45) is 1.75. The highest BCUT2D eigenvalue weighted by molar-refractivity contribution is 7.10. The van der Waals surface area contributed by atoms with Crippen LogP contribution >= 0.6 is 45.9 Å². The van der Waals surface area contributed by atoms with Crippen molar-refractivity contribution >= 4 is 57.9 Å². The van der Waals surface area contributed by atoms with Gasteiger partial charge in [-0.15, -0.1) is 11.3 Å². The lowest BCUT2D eigenvalue weighted by atomic mass is 10.0. The van der Waals surface area contributed by atoms with E-state index in [0.29, 0.717) is 48.6 Å². The number of rotatable bonds is 7. The summed E-state index contributed by atoms with van der Waals surface area (Å²) in [5.41, 5.74) is 2.20. The zero-order chi connectivity index (χ0) is 26.8. The van der Waals surface area contributed by atoms with Gasteiger partial charge >= 0.3 is 5.97 Å². The Labute approximate surface area is 236 Å². The highest BCUT2D eigenvalue weighted by Crippen LogP contribution is 2.33. The van der Waals surface area contributed by atoms with Crippen molar-refractivity contribution < 1.29 is 14.3 Å². The summed E-state index contributed by atoms with van der Waals surface area (Å²) in [5, 5.41) is 3.05. The molecule has 0 unspecified atom stereocenters. The lowest BCUT2D eigenvalue weighted by Gasteiger charge is -2.23. The largest absolute Gasteiger partial charge is 0.488 e. The number of ether oxygens (including phenoxy) is 2. The van der Waals surface area contributed by atoms with Crippen molar-refractivity contribution in [1.82, 2.24) is 4.57 Å². The number of nitrogens with zero attached hydrogens (tertiary/aromatic N) is 2. The molecule has 10 heteroatoms. The van der Waals surface area contributed by atoms with E-state index in [4.69, 9.17) is 32.7 Å². The number of aromatic nitrogens is 1. The molecule has 194 valence electrons. The average Bonchev–Trinajstić information content (AvgIpc) is 3.51. The Morgan fingerprint density at radius 2 is 1.95 bits per heavy atom. The summed E-state index contributed by atoms with van der Waals surface area (Å²) in [4.78, 5) is 32.7. The summed E-state index contributed by atoms with van der Waals surface area (Å²) in [5.74, 6) is 0.0892. The van der Waals surface area contributed by atoms with Gasteiger partial charge in [-0.05, 0) is 67.3 Å². The molecule has 0 spiro atoms. The van der Waals surface area contributed by atoms with Gasteiger partial charge in [0.15, 0.2) is 4.80 Å². The molecule has 0 bridgehead atoms. The van der Waals surface area contributed by atoms with E-state index in [-0.39, 0.29) is 12.2 Å². The third-order valence-electron chi connectivity index (χ3n) is 5.87. The van der Waals surface area contributed by atoms with E-state index in [1.807, 2.05) is 35.7 Å². The van der Waals surface area contributed by atoms with Crippen molar-refractivity contribution in [3.63, 3.8) is 0 Å². The van der Waals surface area contributed by atoms with Gasteiger partial charge in [-0.2, -0.15) is 0 Å². The summed E-state index contributed by atoms with van der Waals surface area (Å²) in [6.45, 7) is 4.04. The van der Waals surface area contributed by atoms with Crippen LogP contribution in [0.5, 0.6) is 5.75 Å². The van der Waals surface area contributed by atoms with Crippen molar-refractivity contribution in [3.8, 4) is 5.75 Å². The van der Waals surface area contributed by atoms with E-state index in [2.05, 4.69) is 4.99 Å². The summed E-state index contributed by atoms with van der Waals surface area (Å²) < 4.78 is 13.4. The molecule has 2 aromatic carbocycles. The van der Waals surface area contributed by atoms with Crippen LogP contribution in [0.15, 0.2) is 81.0 Å². The van der Waals surface area contributed by atoms with Gasteiger partial charge in [-0.1, -0.05) is 52.7 Å². The zero-order valence-electron chi connectivity index (χ0n) is 20.4. The van der Waals surface area contributed by atoms with Gasteiger partial charge in [0, 0.05) is 20.5 Å². The highest BCUT2D eigenvalue weighted by Gasteiger charge is 2.33. The first-order valence-corrected chi connectivity index (χ1v) is 14.2. The van der Waals surface area contributed by atoms with Crippen LogP contribution in [0.4, 0.5) is 0 Å². The minimum atomic E-state index is -0.620. The maximum atomic E-state index is 13.8. The van der Waals surface area contributed by atoms with Crippen molar-refractivity contribution in [2.75, 3.05) is 6.61 Å². The molecule has 1 aliphatic heterocycles. The summed E-state index contributed by atoms with van der Waals surface area (Å²) >= 11 is 15.1. The average molecular weight is 586 g/mol. The van der Waals surface area contributed by atoms with Crippen LogP contribution in [-0.2, 0) is 16.1 Å². The molecular weight excluding hydrogens is 563 g/mol. The Morgan fingerprint density at radius 3 is 2.68 bits per heavy atom. The molecule has 0 amide bonds. The number of allylic oxidation sites excluding steroid dienone is 1. The normalized spacial score (nSPS) is 15.3. The molecule has 2 aromatic heterocycles. The predicted octanol–water partition coefficient (Wildman–Crippen LogP) is 5.75. The molecule has 0 radical (unpaired) electrons. The number of fused-ring (bicyclic) bond motifs is 1. The summed E-state index contributed by atoms with van der Waals surface area (Å²) in [7, 11) is 0. The fraction of sp³-hybridized carbons (Fsp3) is 0.179. The highest BCUT2D eigenvalue weighted by atomic mass is 35.5. The number of carbonyl (C=O) groups excluding carboxylic acids is 1. The van der Waals surface area contributed by atoms with Gasteiger partial charge in [0.25, 0.3) is 5.56 Å². The first-order valence-electron chi connectivity index (χ1n) is 11.8. The number of thiazole rings is 1. The topological polar surface area (TPSA) is 69.9 Å². The number of benzene rings is 2. The molecule has 4 aromatic rings. The third kappa shape index (κ3) is 5.35. The molecule has 0 saturated heterocycles. The third-order valence-corrected chi connectivity index (χ3v) is 8.25. The lowest BCUT2D eigenvalue weighted by molar-refractivity contribution is -0.139. The van der Waals surface area contributed by atoms with Crippen LogP contribution in [0.1, 0.15) is 35.9 Å². The van der Waals surface area contributed by atoms with E-state index in [1.165, 1.54) is 22.7 Å². The van der Waals surface area contributed by atoms with Crippen molar-refractivity contribution in [2.24, 2.45) is 4.99 Å². The standard InChI is InChI=1S/C28H22Cl2N2O4S2/c1-3-35-27(34)24-16(2)31-28-32(25(24)22-8-5-11-37-22)26(33)23(38-28)14-18-13-20(30)9-10-21(18)36-15-17-6-4-7-19(29)12-17/h4-14,25H,3,15H2,1-2H3/b23-14-/t25-/m0/s1. The molecule has 0 aliphatic carbocycles. The van der Waals surface area contributed by atoms with Crippen molar-refractivity contribution in [2.45, 2.75) is 26.5 Å². The van der Waals surface area contributed by atoms with Crippen LogP contribution < -0.4 is 19.6 Å². The van der Waals surface area contributed by atoms with E-state index >= 15 is 0 Å². The second kappa shape index (κ2) is 11.3. The van der Waals surface area contributed by atoms with Crippen LogP contribution in [0.25, 0.3) is 6.08 Å². The van der Waals surface area contributed by atoms with Gasteiger partial charge < -0.3 is 9.47 Å². The van der Waals surface area contributed by atoms with Gasteiger partial charge in [-0.3, -0.25) is 9.36 Å². The van der Waals surface area contributed by atoms with Gasteiger partial charge in [0.2, 0.25) is 0 Å². The van der Waals surface area contributed by atoms with Crippen LogP contribution in [0.3, 0.4) is 0 Å². The van der Waals surface area contributed by atoms with Gasteiger partial charge in [0.1, 0.15) is 18.4 Å². The minimum Gasteiger partial charge on any atom is -0.488 e. The molecule has 1 aliphatic rings. The first-order chi connectivity index (χ1) is 18.4. The number of carbonyl (C=O) groups is 1. The smallest absolute Gasteiger partial charge is 0.338 e. The maximum Gasteiger partial charge on any atom is 0.338 e. The monoisotopic (exact) mass is 584 g/mol. The van der Waals surface area contributed by atoms with E-state index < -0.39 is 12.0 Å². The Bertz CT molecular complexity index is 1720. The predicted molar refractivity (Wildman–Crippen MR) is 152 cm³/mol. The Balaban J connectivity index is 1.60. The van der Waals surface area contributed by atoms with E-state index in [9.17, 15) is 9.59 Å². The SMILES string of the molecule is CCOC(=O)C1=C(C)N=c2s/c(=C\c3cc(Cl)ccc3OCc3cccc(Cl)c3)c(=O)n2[C@H]1c1cccs1. The zero-order valence-corrected chi connectivity index (χ0v) is 23.6. The van der Waals surface area contributed by atoms with Crippen LogP contribution in [0.2, 0.25) is 10.0 Å². The van der Waals surface area contributed by atoms with Crippen molar-refractivity contribution in [1.29, 1.82) is 0 Å². The van der Waals surface area contributed by atoms with Crippen LogP contribution in [-0.4, -0.2) is 17.1 Å². The summed E-state index contributed by atoms with van der Waals surface area (Å²) in [6, 6.07) is 15.9. The van der Waals surface area contributed by atoms with E-state index in [1.54, 1.807) is 48.8 Å². The molecule has 6 nitrogen and oxygen atoms in total. The Morgan fingerprint density at radius 1 is 1.13 bits per heavy atom. The Hall–Kier alpha value is -3.17. The van der Waals surface area contributed by atoms with Gasteiger partial charge in [0.05, 0.1) is 22.4 Å². The first kappa shape index (κ1) is 26.4. The number of thiophene rings is 1. The number of hydrogen-bond donors (Lipinski definition) is 0. The molecule has 3 heterocycles. The second-order valence-corrected chi connectivity index (χ2v) is 11.3. The molecule has 0 fully saturated rings. The maximum absolute atomic E-state index is 13.8. The number of hydrogen-bond acceptors (Lipinski definition) is 7. The number of halogens is 2. The Kier molecular flexibility index (Phi) is 7.85. The second-order valence-electron chi connectivity index (χ2n) is 8.42. The minimum absolute atomic E-state index is 0.226. The van der Waals surface area contributed by atoms with E-state index in [0.717, 1.165) is 10.4 Å². The molecular formula is C28H22Cl2N2O4S2. The molecule has 0 saturated carbocycles. The molecule has 1 atom stereocenters. The number of esters is 1. The fourth-order valence-electron chi connectivity index (χ4n) is 4.20. The van der Waals surface area contributed by atoms with Crippen molar-refractivity contribution in [3.05, 3.63) is 117 Å².